The van der Waals surface area contributed by atoms with Crippen molar-refractivity contribution in [2.24, 2.45) is 0 Å². The van der Waals surface area contributed by atoms with E-state index in [1.165, 1.54) is 43.5 Å². The van der Waals surface area contributed by atoms with Gasteiger partial charge in [0.15, 0.2) is 0 Å². The molecule has 5 nitrogen and oxygen atoms in total. The molecule has 4 rings (SSSR count). The van der Waals surface area contributed by atoms with E-state index in [2.05, 4.69) is 5.32 Å². The molecule has 1 amide bonds. The fraction of sp³-hybridized carbons (Fsp3) is 0.172. The predicted molar refractivity (Wildman–Crippen MR) is 133 cm³/mol. The largest absolute Gasteiger partial charge is 0.465 e. The Balaban J connectivity index is 1.68. The average molecular weight is 525 g/mol. The molecule has 0 aliphatic carbocycles. The van der Waals surface area contributed by atoms with Crippen LogP contribution in [0.3, 0.4) is 0 Å². The van der Waals surface area contributed by atoms with Gasteiger partial charge in [-0.15, -0.1) is 0 Å². The Bertz CT molecular complexity index is 1450. The molecule has 196 valence electrons. The van der Waals surface area contributed by atoms with E-state index in [0.29, 0.717) is 21.9 Å². The fourth-order valence-electron chi connectivity index (χ4n) is 4.25. The third kappa shape index (κ3) is 5.84. The van der Waals surface area contributed by atoms with Gasteiger partial charge in [0, 0.05) is 5.56 Å². The van der Waals surface area contributed by atoms with Gasteiger partial charge in [0.05, 0.1) is 30.4 Å². The van der Waals surface area contributed by atoms with Gasteiger partial charge in [-0.05, 0) is 64.7 Å². The Labute approximate surface area is 215 Å². The molecule has 9 heteroatoms. The number of esters is 1. The molecule has 0 aliphatic rings. The number of nitrogens with one attached hydrogen (secondary N) is 1. The van der Waals surface area contributed by atoms with Crippen LogP contribution in [0, 0.1) is 5.82 Å². The SMILES string of the molecule is COC(=O)c1ccc(C(=O)NC(Cc2ccc(C(F)(F)F)cc2)C(O)c2ccc(F)cc2)c2ccccc12. The third-order valence-electron chi connectivity index (χ3n) is 6.22. The molecular formula is C29H23F4NO4. The van der Waals surface area contributed by atoms with Crippen LogP contribution in [0.4, 0.5) is 17.6 Å². The summed E-state index contributed by atoms with van der Waals surface area (Å²) in [6, 6.07) is 18.2. The van der Waals surface area contributed by atoms with E-state index in [1.54, 1.807) is 24.3 Å². The van der Waals surface area contributed by atoms with Gasteiger partial charge in [0.1, 0.15) is 5.82 Å². The number of rotatable bonds is 7. The van der Waals surface area contributed by atoms with Gasteiger partial charge < -0.3 is 15.2 Å². The minimum absolute atomic E-state index is 0.0133. The van der Waals surface area contributed by atoms with Crippen molar-refractivity contribution in [3.8, 4) is 0 Å². The maximum atomic E-state index is 13.5. The van der Waals surface area contributed by atoms with Gasteiger partial charge in [-0.25, -0.2) is 9.18 Å². The first-order valence-corrected chi connectivity index (χ1v) is 11.6. The smallest absolute Gasteiger partial charge is 0.416 e. The Hall–Kier alpha value is -4.24. The molecule has 2 N–H and O–H groups in total. The van der Waals surface area contributed by atoms with Gasteiger partial charge in [-0.1, -0.05) is 48.5 Å². The molecule has 4 aromatic rings. The minimum atomic E-state index is -4.50. The van der Waals surface area contributed by atoms with Crippen molar-refractivity contribution in [2.75, 3.05) is 7.11 Å². The number of amides is 1. The summed E-state index contributed by atoms with van der Waals surface area (Å²) in [5, 5.41) is 14.8. The summed E-state index contributed by atoms with van der Waals surface area (Å²) in [6.45, 7) is 0. The van der Waals surface area contributed by atoms with Crippen molar-refractivity contribution in [3.05, 3.63) is 119 Å². The number of hydrogen-bond acceptors (Lipinski definition) is 4. The Morgan fingerprint density at radius 3 is 2.03 bits per heavy atom. The lowest BCUT2D eigenvalue weighted by atomic mass is 9.94. The van der Waals surface area contributed by atoms with Gasteiger partial charge in [-0.2, -0.15) is 13.2 Å². The maximum absolute atomic E-state index is 13.5. The van der Waals surface area contributed by atoms with Crippen LogP contribution in [0.25, 0.3) is 10.8 Å². The van der Waals surface area contributed by atoms with Crippen molar-refractivity contribution in [2.45, 2.75) is 24.7 Å². The van der Waals surface area contributed by atoms with Crippen molar-refractivity contribution in [1.82, 2.24) is 5.32 Å². The Morgan fingerprint density at radius 2 is 1.45 bits per heavy atom. The molecule has 0 saturated carbocycles. The fourth-order valence-corrected chi connectivity index (χ4v) is 4.25. The van der Waals surface area contributed by atoms with E-state index in [0.717, 1.165) is 24.3 Å². The van der Waals surface area contributed by atoms with E-state index >= 15 is 0 Å². The number of hydrogen-bond donors (Lipinski definition) is 2. The standard InChI is InChI=1S/C29H23F4NO4/c1-38-28(37)24-15-14-23(21-4-2-3-5-22(21)24)27(36)34-25(26(35)18-8-12-20(30)13-9-18)16-17-6-10-19(11-7-17)29(31,32)33/h2-15,25-26,35H,16H2,1H3,(H,34,36). The summed E-state index contributed by atoms with van der Waals surface area (Å²) >= 11 is 0. The first-order valence-electron chi connectivity index (χ1n) is 11.6. The van der Waals surface area contributed by atoms with Crippen molar-refractivity contribution >= 4 is 22.6 Å². The quantitative estimate of drug-likeness (QED) is 0.234. The number of ether oxygens (including phenoxy) is 1. The summed E-state index contributed by atoms with van der Waals surface area (Å²) in [5.41, 5.74) is 0.423. The van der Waals surface area contributed by atoms with E-state index in [9.17, 15) is 32.3 Å². The van der Waals surface area contributed by atoms with Crippen molar-refractivity contribution in [1.29, 1.82) is 0 Å². The molecule has 2 unspecified atom stereocenters. The van der Waals surface area contributed by atoms with Crippen LogP contribution in [-0.2, 0) is 17.3 Å². The van der Waals surface area contributed by atoms with Gasteiger partial charge >= 0.3 is 12.1 Å². The lowest BCUT2D eigenvalue weighted by Crippen LogP contribution is -2.41. The zero-order valence-electron chi connectivity index (χ0n) is 20.1. The molecule has 2 atom stereocenters. The number of aliphatic hydroxyl groups excluding tert-OH is 1. The number of alkyl halides is 3. The normalized spacial score (nSPS) is 13.1. The Kier molecular flexibility index (Phi) is 7.78. The number of fused-ring (bicyclic) bond motifs is 1. The zero-order valence-corrected chi connectivity index (χ0v) is 20.1. The molecule has 0 aromatic heterocycles. The highest BCUT2D eigenvalue weighted by molar-refractivity contribution is 6.13. The lowest BCUT2D eigenvalue weighted by molar-refractivity contribution is -0.137. The summed E-state index contributed by atoms with van der Waals surface area (Å²) in [7, 11) is 1.25. The number of halogens is 4. The number of aliphatic hydroxyl groups is 1. The molecular weight excluding hydrogens is 502 g/mol. The second-order valence-electron chi connectivity index (χ2n) is 8.67. The molecule has 0 saturated heterocycles. The van der Waals surface area contributed by atoms with E-state index < -0.39 is 41.6 Å². The van der Waals surface area contributed by atoms with Crippen molar-refractivity contribution < 1.29 is 37.0 Å². The van der Waals surface area contributed by atoms with E-state index in [-0.39, 0.29) is 17.5 Å². The van der Waals surface area contributed by atoms with Crippen LogP contribution in [0.1, 0.15) is 43.5 Å². The highest BCUT2D eigenvalue weighted by Gasteiger charge is 2.30. The Morgan fingerprint density at radius 1 is 0.868 bits per heavy atom. The highest BCUT2D eigenvalue weighted by atomic mass is 19.4. The van der Waals surface area contributed by atoms with Crippen molar-refractivity contribution in [3.63, 3.8) is 0 Å². The van der Waals surface area contributed by atoms with Crippen LogP contribution < -0.4 is 5.32 Å². The van der Waals surface area contributed by atoms with Crippen LogP contribution in [0.5, 0.6) is 0 Å². The zero-order chi connectivity index (χ0) is 27.4. The lowest BCUT2D eigenvalue weighted by Gasteiger charge is -2.25. The van der Waals surface area contributed by atoms with Gasteiger partial charge in [0.2, 0.25) is 0 Å². The number of carbonyl (C=O) groups excluding carboxylic acids is 2. The van der Waals surface area contributed by atoms with Crippen LogP contribution in [0.15, 0.2) is 84.9 Å². The molecule has 0 radical (unpaired) electrons. The summed E-state index contributed by atoms with van der Waals surface area (Å²) < 4.78 is 57.3. The van der Waals surface area contributed by atoms with Gasteiger partial charge in [0.25, 0.3) is 5.91 Å². The molecule has 0 spiro atoms. The number of methoxy groups -OCH3 is 1. The summed E-state index contributed by atoms with van der Waals surface area (Å²) in [5.74, 6) is -1.66. The highest BCUT2D eigenvalue weighted by Crippen LogP contribution is 2.30. The first-order chi connectivity index (χ1) is 18.1. The molecule has 38 heavy (non-hydrogen) atoms. The topological polar surface area (TPSA) is 75.6 Å². The molecule has 0 aliphatic heterocycles. The second kappa shape index (κ2) is 11.0. The average Bonchev–Trinajstić information content (AvgIpc) is 2.91. The van der Waals surface area contributed by atoms with Crippen LogP contribution >= 0.6 is 0 Å². The van der Waals surface area contributed by atoms with Gasteiger partial charge in [-0.3, -0.25) is 4.79 Å². The van der Waals surface area contributed by atoms with E-state index in [4.69, 9.17) is 4.74 Å². The van der Waals surface area contributed by atoms with Crippen LogP contribution in [0.2, 0.25) is 0 Å². The first kappa shape index (κ1) is 26.8. The predicted octanol–water partition coefficient (Wildman–Crippen LogP) is 5.86. The van der Waals surface area contributed by atoms with E-state index in [1.807, 2.05) is 0 Å². The number of benzene rings is 4. The summed E-state index contributed by atoms with van der Waals surface area (Å²) in [6.07, 6.45) is -5.82. The number of carbonyl (C=O) groups is 2. The summed E-state index contributed by atoms with van der Waals surface area (Å²) in [4.78, 5) is 25.6. The molecule has 4 aromatic carbocycles. The third-order valence-corrected chi connectivity index (χ3v) is 6.22. The molecule has 0 fully saturated rings. The van der Waals surface area contributed by atoms with Crippen LogP contribution in [-0.4, -0.2) is 30.1 Å². The minimum Gasteiger partial charge on any atom is -0.465 e. The monoisotopic (exact) mass is 525 g/mol. The molecule has 0 bridgehead atoms. The second-order valence-corrected chi connectivity index (χ2v) is 8.67. The maximum Gasteiger partial charge on any atom is 0.416 e. The molecule has 0 heterocycles.